The highest BCUT2D eigenvalue weighted by molar-refractivity contribution is 9.11. The van der Waals surface area contributed by atoms with Gasteiger partial charge in [-0.05, 0) is 49.6 Å². The van der Waals surface area contributed by atoms with E-state index in [-0.39, 0.29) is 23.7 Å². The smallest absolute Gasteiger partial charge is 0.340 e. The van der Waals surface area contributed by atoms with Crippen molar-refractivity contribution in [1.29, 1.82) is 0 Å². The Kier molecular flexibility index (Phi) is 7.58. The third-order valence-corrected chi connectivity index (χ3v) is 5.17. The number of esters is 1. The zero-order valence-electron chi connectivity index (χ0n) is 13.9. The third-order valence-electron chi connectivity index (χ3n) is 3.56. The van der Waals surface area contributed by atoms with Crippen molar-refractivity contribution < 1.29 is 23.6 Å². The number of benzene rings is 2. The fourth-order valence-electron chi connectivity index (χ4n) is 2.25. The minimum Gasteiger partial charge on any atom is -0.486 e. The summed E-state index contributed by atoms with van der Waals surface area (Å²) in [4.78, 5) is 21.6. The molecule has 0 radical (unpaired) electrons. The molecule has 144 valence electrons. The first-order valence-corrected chi connectivity index (χ1v) is 9.45. The van der Waals surface area contributed by atoms with E-state index < -0.39 is 17.1 Å². The zero-order chi connectivity index (χ0) is 20.1. The summed E-state index contributed by atoms with van der Waals surface area (Å²) >= 11 is 12.7. The summed E-state index contributed by atoms with van der Waals surface area (Å²) in [6, 6.07) is 7.68. The Labute approximate surface area is 176 Å². The Morgan fingerprint density at radius 2 is 1.96 bits per heavy atom. The van der Waals surface area contributed by atoms with E-state index in [9.17, 15) is 19.3 Å². The third kappa shape index (κ3) is 5.40. The molecule has 0 amide bonds. The number of alkyl halides is 1. The molecule has 0 saturated carbocycles. The molecule has 10 heteroatoms. The average Bonchev–Trinajstić information content (AvgIpc) is 2.61. The Morgan fingerprint density at radius 3 is 2.52 bits per heavy atom. The summed E-state index contributed by atoms with van der Waals surface area (Å²) in [6.45, 7) is -0.00897. The van der Waals surface area contributed by atoms with Crippen LogP contribution >= 0.6 is 43.5 Å². The van der Waals surface area contributed by atoms with Gasteiger partial charge in [-0.3, -0.25) is 10.1 Å². The predicted octanol–water partition coefficient (Wildman–Crippen LogP) is 5.41. The monoisotopic (exact) mass is 523 g/mol. The molecule has 0 aromatic heterocycles. The van der Waals surface area contributed by atoms with Gasteiger partial charge in [0.1, 0.15) is 17.4 Å². The molecule has 0 spiro atoms. The van der Waals surface area contributed by atoms with Crippen LogP contribution in [-0.2, 0) is 22.6 Å². The van der Waals surface area contributed by atoms with Crippen LogP contribution in [0.2, 0.25) is 5.02 Å². The summed E-state index contributed by atoms with van der Waals surface area (Å²) in [5.74, 6) is -0.530. The van der Waals surface area contributed by atoms with Gasteiger partial charge in [-0.25, -0.2) is 9.18 Å². The number of nitro groups is 1. The lowest BCUT2D eigenvalue weighted by molar-refractivity contribution is -0.384. The van der Waals surface area contributed by atoms with Crippen LogP contribution in [-0.4, -0.2) is 24.2 Å². The molecule has 1 unspecified atom stereocenters. The van der Waals surface area contributed by atoms with E-state index >= 15 is 0 Å². The first kappa shape index (κ1) is 21.6. The van der Waals surface area contributed by atoms with Crippen LogP contribution in [0.25, 0.3) is 0 Å². The second kappa shape index (κ2) is 9.48. The lowest BCUT2D eigenvalue weighted by atomic mass is 10.1. The molecular formula is C17H13Br2ClFNO5. The predicted molar refractivity (Wildman–Crippen MR) is 105 cm³/mol. The highest BCUT2D eigenvalue weighted by Crippen LogP contribution is 2.37. The molecule has 1 atom stereocenters. The molecule has 27 heavy (non-hydrogen) atoms. The summed E-state index contributed by atoms with van der Waals surface area (Å²) in [6.07, 6.45) is -1.93. The van der Waals surface area contributed by atoms with Gasteiger partial charge >= 0.3 is 5.97 Å². The Hall–Kier alpha value is -1.71. The summed E-state index contributed by atoms with van der Waals surface area (Å²) in [7, 11) is 1.12. The van der Waals surface area contributed by atoms with Gasteiger partial charge in [0, 0.05) is 18.1 Å². The van der Waals surface area contributed by atoms with Gasteiger partial charge in [0.2, 0.25) is 6.17 Å². The number of hydrogen-bond donors (Lipinski definition) is 0. The van der Waals surface area contributed by atoms with Gasteiger partial charge in [0.25, 0.3) is 5.69 Å². The first-order chi connectivity index (χ1) is 12.7. The minimum absolute atomic E-state index is 0.00436. The second-order valence-corrected chi connectivity index (χ2v) is 7.47. The van der Waals surface area contributed by atoms with Crippen molar-refractivity contribution in [3.8, 4) is 5.75 Å². The lowest BCUT2D eigenvalue weighted by Crippen LogP contribution is -2.19. The normalized spacial score (nSPS) is 11.7. The maximum absolute atomic E-state index is 13.8. The Morgan fingerprint density at radius 1 is 1.33 bits per heavy atom. The molecule has 0 aliphatic rings. The minimum atomic E-state index is -1.77. The second-order valence-electron chi connectivity index (χ2n) is 5.38. The molecule has 0 aliphatic carbocycles. The molecule has 2 aromatic rings. The van der Waals surface area contributed by atoms with Gasteiger partial charge in [-0.1, -0.05) is 23.7 Å². The van der Waals surface area contributed by atoms with Crippen LogP contribution in [0.15, 0.2) is 39.3 Å². The van der Waals surface area contributed by atoms with E-state index in [0.29, 0.717) is 25.8 Å². The van der Waals surface area contributed by atoms with Gasteiger partial charge in [0.05, 0.1) is 21.0 Å². The first-order valence-electron chi connectivity index (χ1n) is 7.49. The number of hydrogen-bond acceptors (Lipinski definition) is 5. The molecule has 0 heterocycles. The van der Waals surface area contributed by atoms with Gasteiger partial charge < -0.3 is 9.47 Å². The molecule has 0 saturated heterocycles. The summed E-state index contributed by atoms with van der Waals surface area (Å²) in [5, 5.41) is 11.0. The Balaban J connectivity index is 2.17. The van der Waals surface area contributed by atoms with Crippen LogP contribution in [0.1, 0.15) is 11.1 Å². The van der Waals surface area contributed by atoms with E-state index in [2.05, 4.69) is 36.6 Å². The number of ether oxygens (including phenoxy) is 2. The summed E-state index contributed by atoms with van der Waals surface area (Å²) < 4.78 is 24.9. The molecule has 0 fully saturated rings. The zero-order valence-corrected chi connectivity index (χ0v) is 17.8. The fourth-order valence-corrected chi connectivity index (χ4v) is 4.01. The molecule has 0 bridgehead atoms. The van der Waals surface area contributed by atoms with Gasteiger partial charge in [-0.15, -0.1) is 0 Å². The van der Waals surface area contributed by atoms with Crippen molar-refractivity contribution in [3.63, 3.8) is 0 Å². The van der Waals surface area contributed by atoms with Crippen LogP contribution in [0.3, 0.4) is 0 Å². The van der Waals surface area contributed by atoms with E-state index in [0.717, 1.165) is 7.11 Å². The van der Waals surface area contributed by atoms with Crippen molar-refractivity contribution >= 4 is 55.1 Å². The number of halogens is 4. The molecule has 0 aliphatic heterocycles. The number of nitro benzene ring substituents is 1. The number of nitrogens with zero attached hydrogens (tertiary/aromatic N) is 1. The average molecular weight is 526 g/mol. The van der Waals surface area contributed by atoms with Crippen molar-refractivity contribution in [1.82, 2.24) is 0 Å². The van der Waals surface area contributed by atoms with E-state index in [1.165, 1.54) is 12.1 Å². The quantitative estimate of drug-likeness (QED) is 0.275. The van der Waals surface area contributed by atoms with Crippen LogP contribution in [0.4, 0.5) is 10.1 Å². The topological polar surface area (TPSA) is 78.7 Å². The van der Waals surface area contributed by atoms with Crippen LogP contribution in [0, 0.1) is 10.1 Å². The van der Waals surface area contributed by atoms with Gasteiger partial charge in [-0.2, -0.15) is 0 Å². The van der Waals surface area contributed by atoms with Crippen molar-refractivity contribution in [2.75, 3.05) is 7.11 Å². The molecular weight excluding hydrogens is 512 g/mol. The standard InChI is InChI=1S/C17H13Br2ClFNO5/c1-26-17(23)13(21)7-9-5-11(18)16(12(19)6-9)27-8-10-3-2-4-14(15(10)20)22(24)25/h2-6,13H,7-8H2,1H3. The van der Waals surface area contributed by atoms with E-state index in [4.69, 9.17) is 16.3 Å². The fraction of sp³-hybridized carbons (Fsp3) is 0.235. The highest BCUT2D eigenvalue weighted by Gasteiger charge is 2.20. The van der Waals surface area contributed by atoms with Crippen molar-refractivity contribution in [2.45, 2.75) is 19.2 Å². The largest absolute Gasteiger partial charge is 0.486 e. The van der Waals surface area contributed by atoms with Crippen LogP contribution in [0.5, 0.6) is 5.75 Å². The molecule has 2 aromatic carbocycles. The number of carbonyl (C=O) groups excluding carboxylic acids is 1. The molecule has 2 rings (SSSR count). The van der Waals surface area contributed by atoms with Crippen molar-refractivity contribution in [3.05, 3.63) is 65.5 Å². The Bertz CT molecular complexity index is 857. The summed E-state index contributed by atoms with van der Waals surface area (Å²) in [5.41, 5.74) is 0.790. The van der Waals surface area contributed by atoms with E-state index in [1.54, 1.807) is 18.2 Å². The maximum atomic E-state index is 13.8. The highest BCUT2D eigenvalue weighted by atomic mass is 79.9. The van der Waals surface area contributed by atoms with Crippen molar-refractivity contribution in [2.24, 2.45) is 0 Å². The molecule has 6 nitrogen and oxygen atoms in total. The number of rotatable bonds is 7. The maximum Gasteiger partial charge on any atom is 0.340 e. The number of carbonyl (C=O) groups is 1. The van der Waals surface area contributed by atoms with Gasteiger partial charge in [0.15, 0.2) is 0 Å². The lowest BCUT2D eigenvalue weighted by Gasteiger charge is -2.14. The SMILES string of the molecule is COC(=O)C(F)Cc1cc(Br)c(OCc2cccc([N+](=O)[O-])c2Cl)c(Br)c1. The number of methoxy groups -OCH3 is 1. The molecule has 0 N–H and O–H groups in total. The van der Waals surface area contributed by atoms with Crippen LogP contribution < -0.4 is 4.74 Å². The van der Waals surface area contributed by atoms with E-state index in [1.807, 2.05) is 0 Å².